The molecule has 0 saturated carbocycles. The minimum Gasteiger partial charge on any atom is -0.381 e. The summed E-state index contributed by atoms with van der Waals surface area (Å²) < 4.78 is 0. The van der Waals surface area contributed by atoms with Crippen LogP contribution in [0.2, 0.25) is 5.02 Å². The fourth-order valence-electron chi connectivity index (χ4n) is 2.38. The van der Waals surface area contributed by atoms with Gasteiger partial charge in [0.15, 0.2) is 0 Å². The molecule has 4 heteroatoms. The van der Waals surface area contributed by atoms with E-state index in [9.17, 15) is 0 Å². The van der Waals surface area contributed by atoms with E-state index in [-0.39, 0.29) is 0 Å². The molecule has 1 saturated heterocycles. The second kappa shape index (κ2) is 6.08. The van der Waals surface area contributed by atoms with E-state index in [4.69, 9.17) is 16.9 Å². The fraction of sp³-hybridized carbons (Fsp3) is 0.500. The Morgan fingerprint density at radius 3 is 2.78 bits per heavy atom. The van der Waals surface area contributed by atoms with Crippen LogP contribution in [0.4, 0.5) is 5.69 Å². The molecule has 0 radical (unpaired) electrons. The number of benzene rings is 1. The summed E-state index contributed by atoms with van der Waals surface area (Å²) in [7, 11) is 0. The smallest absolute Gasteiger partial charge is 0.101 e. The third-order valence-electron chi connectivity index (χ3n) is 3.23. The van der Waals surface area contributed by atoms with Gasteiger partial charge in [0.05, 0.1) is 10.6 Å². The molecule has 18 heavy (non-hydrogen) atoms. The van der Waals surface area contributed by atoms with Crippen LogP contribution in [0.15, 0.2) is 18.2 Å². The summed E-state index contributed by atoms with van der Waals surface area (Å²) in [6.45, 7) is 5.64. The van der Waals surface area contributed by atoms with Crippen molar-refractivity contribution in [2.24, 2.45) is 0 Å². The van der Waals surface area contributed by atoms with E-state index >= 15 is 0 Å². The summed E-state index contributed by atoms with van der Waals surface area (Å²) in [4.78, 5) is 2.48. The molecule has 0 spiro atoms. The third kappa shape index (κ3) is 3.38. The number of halogens is 1. The summed E-state index contributed by atoms with van der Waals surface area (Å²) in [5, 5.41) is 12.8. The molecule has 96 valence electrons. The number of likely N-dealkylation sites (tertiary alicyclic amines) is 1. The molecule has 0 aromatic heterocycles. The fourth-order valence-corrected chi connectivity index (χ4v) is 2.60. The molecule has 0 bridgehead atoms. The standard InChI is InChI=1S/C14H18ClN3/c1-11(10-18-6-2-3-7-18)17-13-5-4-12(9-16)14(15)8-13/h4-5,8,11,17H,2-3,6-7,10H2,1H3. The molecule has 0 amide bonds. The minimum absolute atomic E-state index is 0.382. The number of nitriles is 1. The van der Waals surface area contributed by atoms with Crippen molar-refractivity contribution >= 4 is 17.3 Å². The maximum absolute atomic E-state index is 8.82. The second-order valence-electron chi connectivity index (χ2n) is 4.86. The van der Waals surface area contributed by atoms with Crippen molar-refractivity contribution in [1.82, 2.24) is 4.90 Å². The zero-order chi connectivity index (χ0) is 13.0. The van der Waals surface area contributed by atoms with E-state index in [1.165, 1.54) is 25.9 Å². The number of nitrogens with one attached hydrogen (secondary N) is 1. The van der Waals surface area contributed by atoms with Gasteiger partial charge in [-0.1, -0.05) is 11.6 Å². The van der Waals surface area contributed by atoms with Crippen LogP contribution < -0.4 is 5.32 Å². The Morgan fingerprint density at radius 2 is 2.17 bits per heavy atom. The first-order valence-electron chi connectivity index (χ1n) is 6.37. The molecule has 1 aromatic carbocycles. The SMILES string of the molecule is CC(CN1CCCC1)Nc1ccc(C#N)c(Cl)c1. The summed E-state index contributed by atoms with van der Waals surface area (Å²) >= 11 is 6.01. The van der Waals surface area contributed by atoms with Crippen LogP contribution in [0, 0.1) is 11.3 Å². The molecule has 2 rings (SSSR count). The van der Waals surface area contributed by atoms with E-state index in [1.54, 1.807) is 6.07 Å². The topological polar surface area (TPSA) is 39.1 Å². The maximum Gasteiger partial charge on any atom is 0.101 e. The maximum atomic E-state index is 8.82. The second-order valence-corrected chi connectivity index (χ2v) is 5.27. The van der Waals surface area contributed by atoms with Crippen LogP contribution in [-0.4, -0.2) is 30.6 Å². The van der Waals surface area contributed by atoms with Crippen LogP contribution in [0.3, 0.4) is 0 Å². The molecule has 3 nitrogen and oxygen atoms in total. The Morgan fingerprint density at radius 1 is 1.44 bits per heavy atom. The van der Waals surface area contributed by atoms with Crippen LogP contribution >= 0.6 is 11.6 Å². The lowest BCUT2D eigenvalue weighted by molar-refractivity contribution is 0.328. The lowest BCUT2D eigenvalue weighted by atomic mass is 10.2. The highest BCUT2D eigenvalue weighted by atomic mass is 35.5. The number of hydrogen-bond acceptors (Lipinski definition) is 3. The number of nitrogens with zero attached hydrogens (tertiary/aromatic N) is 2. The first kappa shape index (κ1) is 13.2. The molecule has 1 N–H and O–H groups in total. The monoisotopic (exact) mass is 263 g/mol. The molecular formula is C14H18ClN3. The first-order chi connectivity index (χ1) is 8.69. The summed E-state index contributed by atoms with van der Waals surface area (Å²) in [5.74, 6) is 0. The lowest BCUT2D eigenvalue weighted by Gasteiger charge is -2.22. The van der Waals surface area contributed by atoms with Crippen LogP contribution in [0.25, 0.3) is 0 Å². The van der Waals surface area contributed by atoms with E-state index in [0.29, 0.717) is 16.6 Å². The van der Waals surface area contributed by atoms with Crippen molar-refractivity contribution in [1.29, 1.82) is 5.26 Å². The Labute approximate surface area is 113 Å². The van der Waals surface area contributed by atoms with Gasteiger partial charge in [0, 0.05) is 18.3 Å². The highest BCUT2D eigenvalue weighted by Crippen LogP contribution is 2.21. The van der Waals surface area contributed by atoms with Crippen LogP contribution in [-0.2, 0) is 0 Å². The Balaban J connectivity index is 1.92. The predicted octanol–water partition coefficient (Wildman–Crippen LogP) is 3.11. The van der Waals surface area contributed by atoms with Crippen molar-refractivity contribution in [3.05, 3.63) is 28.8 Å². The molecule has 0 aliphatic carbocycles. The molecule has 1 aliphatic rings. The van der Waals surface area contributed by atoms with Gasteiger partial charge in [-0.3, -0.25) is 0 Å². The molecule has 1 unspecified atom stereocenters. The average molecular weight is 264 g/mol. The van der Waals surface area contributed by atoms with Gasteiger partial charge in [-0.2, -0.15) is 5.26 Å². The Hall–Kier alpha value is -1.24. The van der Waals surface area contributed by atoms with Crippen molar-refractivity contribution in [3.63, 3.8) is 0 Å². The molecular weight excluding hydrogens is 246 g/mol. The Bertz CT molecular complexity index is 447. The quantitative estimate of drug-likeness (QED) is 0.907. The van der Waals surface area contributed by atoms with Gasteiger partial charge in [-0.15, -0.1) is 0 Å². The number of anilines is 1. The summed E-state index contributed by atoms with van der Waals surface area (Å²) in [5.41, 5.74) is 1.50. The van der Waals surface area contributed by atoms with Gasteiger partial charge in [0.1, 0.15) is 6.07 Å². The number of hydrogen-bond donors (Lipinski definition) is 1. The first-order valence-corrected chi connectivity index (χ1v) is 6.75. The van der Waals surface area contributed by atoms with E-state index < -0.39 is 0 Å². The van der Waals surface area contributed by atoms with Gasteiger partial charge < -0.3 is 10.2 Å². The highest BCUT2D eigenvalue weighted by molar-refractivity contribution is 6.32. The van der Waals surface area contributed by atoms with Crippen LogP contribution in [0.1, 0.15) is 25.3 Å². The van der Waals surface area contributed by atoms with Gasteiger partial charge in [0.25, 0.3) is 0 Å². The lowest BCUT2D eigenvalue weighted by Crippen LogP contribution is -2.32. The largest absolute Gasteiger partial charge is 0.381 e. The van der Waals surface area contributed by atoms with Gasteiger partial charge >= 0.3 is 0 Å². The normalized spacial score (nSPS) is 17.4. The van der Waals surface area contributed by atoms with Gasteiger partial charge in [-0.25, -0.2) is 0 Å². The highest BCUT2D eigenvalue weighted by Gasteiger charge is 2.14. The van der Waals surface area contributed by atoms with Crippen molar-refractivity contribution in [2.45, 2.75) is 25.8 Å². The van der Waals surface area contributed by atoms with Gasteiger partial charge in [-0.05, 0) is 51.1 Å². The number of rotatable bonds is 4. The molecule has 1 aliphatic heterocycles. The average Bonchev–Trinajstić information content (AvgIpc) is 2.82. The minimum atomic E-state index is 0.382. The third-order valence-corrected chi connectivity index (χ3v) is 3.55. The molecule has 1 atom stereocenters. The van der Waals surface area contributed by atoms with E-state index in [0.717, 1.165) is 12.2 Å². The molecule has 1 heterocycles. The van der Waals surface area contributed by atoms with E-state index in [2.05, 4.69) is 23.2 Å². The van der Waals surface area contributed by atoms with Crippen molar-refractivity contribution in [2.75, 3.05) is 25.0 Å². The Kier molecular flexibility index (Phi) is 4.46. The molecule has 1 fully saturated rings. The van der Waals surface area contributed by atoms with Gasteiger partial charge in [0.2, 0.25) is 0 Å². The zero-order valence-electron chi connectivity index (χ0n) is 10.6. The van der Waals surface area contributed by atoms with Crippen molar-refractivity contribution in [3.8, 4) is 6.07 Å². The van der Waals surface area contributed by atoms with E-state index in [1.807, 2.05) is 12.1 Å². The predicted molar refractivity (Wildman–Crippen MR) is 74.9 cm³/mol. The zero-order valence-corrected chi connectivity index (χ0v) is 11.4. The summed E-state index contributed by atoms with van der Waals surface area (Å²) in [6.07, 6.45) is 2.63. The van der Waals surface area contributed by atoms with Crippen LogP contribution in [0.5, 0.6) is 0 Å². The summed E-state index contributed by atoms with van der Waals surface area (Å²) in [6, 6.07) is 7.93. The molecule has 1 aromatic rings. The van der Waals surface area contributed by atoms with Crippen molar-refractivity contribution < 1.29 is 0 Å².